The summed E-state index contributed by atoms with van der Waals surface area (Å²) in [4.78, 5) is 15.8. The van der Waals surface area contributed by atoms with Crippen molar-refractivity contribution in [2.24, 2.45) is 0 Å². The minimum absolute atomic E-state index is 0.0471. The van der Waals surface area contributed by atoms with Crippen LogP contribution in [-0.2, 0) is 21.2 Å². The van der Waals surface area contributed by atoms with Gasteiger partial charge in [-0.2, -0.15) is 0 Å². The topological polar surface area (TPSA) is 66.9 Å². The third kappa shape index (κ3) is 4.05. The van der Waals surface area contributed by atoms with E-state index in [-0.39, 0.29) is 29.5 Å². The number of rotatable bonds is 4. The standard InChI is InChI=1S/C21H24N2O4S/c1-16(24)23-12-11-22(20-14-28(25,26)15-21(20)23)13-17-7-9-19(10-8-17)27-18-5-3-2-4-6-18/h2-10,20-21H,11-15H2,1H3/t20-,21+/m1/s1. The predicted molar refractivity (Wildman–Crippen MR) is 107 cm³/mol. The number of nitrogens with zero attached hydrogens (tertiary/aromatic N) is 2. The fraction of sp³-hybridized carbons (Fsp3) is 0.381. The van der Waals surface area contributed by atoms with E-state index in [0.717, 1.165) is 17.1 Å². The van der Waals surface area contributed by atoms with Gasteiger partial charge in [-0.3, -0.25) is 9.69 Å². The van der Waals surface area contributed by atoms with E-state index in [9.17, 15) is 13.2 Å². The molecule has 0 aromatic heterocycles. The second kappa shape index (κ2) is 7.56. The molecule has 7 heteroatoms. The van der Waals surface area contributed by atoms with Crippen LogP contribution in [0.15, 0.2) is 54.6 Å². The Morgan fingerprint density at radius 3 is 2.29 bits per heavy atom. The Balaban J connectivity index is 1.46. The molecule has 2 aromatic carbocycles. The van der Waals surface area contributed by atoms with E-state index in [1.54, 1.807) is 4.90 Å². The molecule has 0 N–H and O–H groups in total. The highest BCUT2D eigenvalue weighted by molar-refractivity contribution is 7.91. The highest BCUT2D eigenvalue weighted by Crippen LogP contribution is 2.29. The number of ether oxygens (including phenoxy) is 1. The molecule has 0 aliphatic carbocycles. The quantitative estimate of drug-likeness (QED) is 0.788. The fourth-order valence-electron chi connectivity index (χ4n) is 4.13. The number of fused-ring (bicyclic) bond motifs is 1. The van der Waals surface area contributed by atoms with Crippen molar-refractivity contribution in [2.45, 2.75) is 25.6 Å². The summed E-state index contributed by atoms with van der Waals surface area (Å²) in [5.74, 6) is 1.69. The van der Waals surface area contributed by atoms with Gasteiger partial charge in [-0.05, 0) is 29.8 Å². The van der Waals surface area contributed by atoms with E-state index in [1.165, 1.54) is 6.92 Å². The van der Waals surface area contributed by atoms with Gasteiger partial charge in [-0.15, -0.1) is 0 Å². The first kappa shape index (κ1) is 19.0. The molecule has 2 saturated heterocycles. The molecule has 4 rings (SSSR count). The number of carbonyl (C=O) groups excluding carboxylic acids is 1. The van der Waals surface area contributed by atoms with Crippen LogP contribution in [-0.4, -0.2) is 60.8 Å². The molecule has 6 nitrogen and oxygen atoms in total. The summed E-state index contributed by atoms with van der Waals surface area (Å²) in [6, 6.07) is 17.1. The second-order valence-electron chi connectivity index (χ2n) is 7.45. The summed E-state index contributed by atoms with van der Waals surface area (Å²) in [6.07, 6.45) is 0. The smallest absolute Gasteiger partial charge is 0.219 e. The molecule has 0 saturated carbocycles. The zero-order valence-electron chi connectivity index (χ0n) is 15.8. The van der Waals surface area contributed by atoms with Crippen LogP contribution in [0.1, 0.15) is 12.5 Å². The lowest BCUT2D eigenvalue weighted by atomic mass is 10.0. The Bertz CT molecular complexity index is 944. The number of benzene rings is 2. The number of hydrogen-bond donors (Lipinski definition) is 0. The predicted octanol–water partition coefficient (Wildman–Crippen LogP) is 2.31. The average Bonchev–Trinajstić information content (AvgIpc) is 2.99. The number of para-hydroxylation sites is 1. The van der Waals surface area contributed by atoms with E-state index in [1.807, 2.05) is 54.6 Å². The number of amides is 1. The number of piperazine rings is 1. The Kier molecular flexibility index (Phi) is 5.12. The van der Waals surface area contributed by atoms with Gasteiger partial charge < -0.3 is 9.64 Å². The third-order valence-electron chi connectivity index (χ3n) is 5.48. The molecule has 2 aromatic rings. The molecular weight excluding hydrogens is 376 g/mol. The molecule has 2 aliphatic rings. The lowest BCUT2D eigenvalue weighted by Crippen LogP contribution is -2.59. The molecular formula is C21H24N2O4S. The zero-order valence-corrected chi connectivity index (χ0v) is 16.6. The Morgan fingerprint density at radius 1 is 0.964 bits per heavy atom. The second-order valence-corrected chi connectivity index (χ2v) is 9.61. The SMILES string of the molecule is CC(=O)N1CCN(Cc2ccc(Oc3ccccc3)cc2)[C@@H]2CS(=O)(=O)C[C@@H]21. The summed E-state index contributed by atoms with van der Waals surface area (Å²) < 4.78 is 30.2. The van der Waals surface area contributed by atoms with Crippen LogP contribution in [0.5, 0.6) is 11.5 Å². The van der Waals surface area contributed by atoms with E-state index >= 15 is 0 Å². The van der Waals surface area contributed by atoms with Crippen LogP contribution in [0.3, 0.4) is 0 Å². The lowest BCUT2D eigenvalue weighted by Gasteiger charge is -2.43. The van der Waals surface area contributed by atoms with Gasteiger partial charge in [0.25, 0.3) is 0 Å². The molecule has 0 unspecified atom stereocenters. The van der Waals surface area contributed by atoms with Gasteiger partial charge in [0.2, 0.25) is 5.91 Å². The highest BCUT2D eigenvalue weighted by atomic mass is 32.2. The van der Waals surface area contributed by atoms with E-state index < -0.39 is 9.84 Å². The summed E-state index contributed by atoms with van der Waals surface area (Å²) >= 11 is 0. The molecule has 2 aliphatic heterocycles. The van der Waals surface area contributed by atoms with Gasteiger partial charge in [0, 0.05) is 32.6 Å². The maximum absolute atomic E-state index is 12.2. The summed E-state index contributed by atoms with van der Waals surface area (Å²) in [5, 5.41) is 0. The Hall–Kier alpha value is -2.38. The number of sulfone groups is 1. The van der Waals surface area contributed by atoms with Crippen LogP contribution in [0, 0.1) is 0 Å². The van der Waals surface area contributed by atoms with Crippen molar-refractivity contribution >= 4 is 15.7 Å². The van der Waals surface area contributed by atoms with E-state index in [2.05, 4.69) is 4.90 Å². The lowest BCUT2D eigenvalue weighted by molar-refractivity contribution is -0.134. The van der Waals surface area contributed by atoms with Gasteiger partial charge in [0.1, 0.15) is 11.5 Å². The number of hydrogen-bond acceptors (Lipinski definition) is 5. The normalized spacial score (nSPS) is 24.0. The maximum atomic E-state index is 12.2. The van der Waals surface area contributed by atoms with Gasteiger partial charge in [-0.25, -0.2) is 8.42 Å². The Morgan fingerprint density at radius 2 is 1.61 bits per heavy atom. The summed E-state index contributed by atoms with van der Waals surface area (Å²) in [7, 11) is -3.12. The molecule has 0 bridgehead atoms. The molecule has 0 spiro atoms. The van der Waals surface area contributed by atoms with Crippen molar-refractivity contribution in [1.82, 2.24) is 9.80 Å². The van der Waals surface area contributed by atoms with E-state index in [4.69, 9.17) is 4.74 Å². The molecule has 28 heavy (non-hydrogen) atoms. The zero-order chi connectivity index (χ0) is 19.7. The molecule has 1 amide bonds. The van der Waals surface area contributed by atoms with Gasteiger partial charge in [-0.1, -0.05) is 30.3 Å². The van der Waals surface area contributed by atoms with Crippen molar-refractivity contribution in [3.8, 4) is 11.5 Å². The van der Waals surface area contributed by atoms with Crippen LogP contribution < -0.4 is 4.74 Å². The maximum Gasteiger partial charge on any atom is 0.219 e. The van der Waals surface area contributed by atoms with Crippen LogP contribution in [0.4, 0.5) is 0 Å². The molecule has 2 heterocycles. The average molecular weight is 401 g/mol. The first-order valence-electron chi connectivity index (χ1n) is 9.45. The largest absolute Gasteiger partial charge is 0.457 e. The van der Waals surface area contributed by atoms with Crippen LogP contribution >= 0.6 is 0 Å². The van der Waals surface area contributed by atoms with Crippen molar-refractivity contribution < 1.29 is 17.9 Å². The van der Waals surface area contributed by atoms with Crippen LogP contribution in [0.25, 0.3) is 0 Å². The molecule has 2 atom stereocenters. The molecule has 0 radical (unpaired) electrons. The van der Waals surface area contributed by atoms with Crippen molar-refractivity contribution in [2.75, 3.05) is 24.6 Å². The van der Waals surface area contributed by atoms with Gasteiger partial charge >= 0.3 is 0 Å². The van der Waals surface area contributed by atoms with Crippen LogP contribution in [0.2, 0.25) is 0 Å². The Labute approximate surface area is 165 Å². The summed E-state index contributed by atoms with van der Waals surface area (Å²) in [6.45, 7) is 3.43. The fourth-order valence-corrected chi connectivity index (χ4v) is 6.15. The summed E-state index contributed by atoms with van der Waals surface area (Å²) in [5.41, 5.74) is 1.10. The molecule has 2 fully saturated rings. The third-order valence-corrected chi connectivity index (χ3v) is 7.18. The molecule has 148 valence electrons. The van der Waals surface area contributed by atoms with E-state index in [0.29, 0.717) is 19.6 Å². The number of carbonyl (C=O) groups is 1. The first-order valence-corrected chi connectivity index (χ1v) is 11.3. The first-order chi connectivity index (χ1) is 13.4. The van der Waals surface area contributed by atoms with Crippen molar-refractivity contribution in [3.63, 3.8) is 0 Å². The monoisotopic (exact) mass is 400 g/mol. The van der Waals surface area contributed by atoms with Gasteiger partial charge in [0.15, 0.2) is 9.84 Å². The highest BCUT2D eigenvalue weighted by Gasteiger charge is 2.47. The minimum atomic E-state index is -3.12. The van der Waals surface area contributed by atoms with Crippen molar-refractivity contribution in [3.05, 3.63) is 60.2 Å². The van der Waals surface area contributed by atoms with Gasteiger partial charge in [0.05, 0.1) is 17.5 Å². The van der Waals surface area contributed by atoms with Crippen molar-refractivity contribution in [1.29, 1.82) is 0 Å². The minimum Gasteiger partial charge on any atom is -0.457 e.